The molecule has 104 valence electrons. The number of amides is 1. The van der Waals surface area contributed by atoms with Crippen molar-refractivity contribution in [3.05, 3.63) is 18.1 Å². The van der Waals surface area contributed by atoms with Gasteiger partial charge in [-0.2, -0.15) is 0 Å². The maximum Gasteiger partial charge on any atom is 0.225 e. The number of rotatable bonds is 2. The summed E-state index contributed by atoms with van der Waals surface area (Å²) in [6, 6.07) is 0. The molecule has 5 nitrogen and oxygen atoms in total. The normalized spacial score (nSPS) is 16.6. The highest BCUT2D eigenvalue weighted by atomic mass is 16.2. The molecule has 0 spiro atoms. The summed E-state index contributed by atoms with van der Waals surface area (Å²) < 4.78 is 0. The Hall–Kier alpha value is -1.65. The zero-order chi connectivity index (χ0) is 13.8. The molecule has 1 amide bonds. The van der Waals surface area contributed by atoms with Crippen molar-refractivity contribution in [3.8, 4) is 0 Å². The topological polar surface area (TPSA) is 49.3 Å². The third-order valence-corrected chi connectivity index (χ3v) is 3.37. The highest BCUT2D eigenvalue weighted by Crippen LogP contribution is 2.14. The average Bonchev–Trinajstić information content (AvgIpc) is 2.63. The smallest absolute Gasteiger partial charge is 0.225 e. The third kappa shape index (κ3) is 3.43. The lowest BCUT2D eigenvalue weighted by atomic mass is 10.2. The first-order chi connectivity index (χ1) is 9.08. The highest BCUT2D eigenvalue weighted by Gasteiger charge is 2.21. The lowest BCUT2D eigenvalue weighted by Crippen LogP contribution is -2.37. The van der Waals surface area contributed by atoms with Crippen LogP contribution in [-0.2, 0) is 4.79 Å². The predicted molar refractivity (Wildman–Crippen MR) is 75.0 cm³/mol. The number of carbonyl (C=O) groups excluding carboxylic acids is 1. The second-order valence-electron chi connectivity index (χ2n) is 5.34. The van der Waals surface area contributed by atoms with Gasteiger partial charge >= 0.3 is 0 Å². The summed E-state index contributed by atoms with van der Waals surface area (Å²) in [6.45, 7) is 9.23. The van der Waals surface area contributed by atoms with E-state index in [0.29, 0.717) is 0 Å². The molecule has 2 heterocycles. The van der Waals surface area contributed by atoms with E-state index in [1.807, 2.05) is 25.7 Å². The zero-order valence-corrected chi connectivity index (χ0v) is 12.0. The van der Waals surface area contributed by atoms with Crippen LogP contribution >= 0.6 is 0 Å². The van der Waals surface area contributed by atoms with Crippen LogP contribution in [0.3, 0.4) is 0 Å². The molecule has 0 aromatic carbocycles. The Labute approximate surface area is 114 Å². The molecule has 0 atom stereocenters. The Morgan fingerprint density at radius 2 is 2.00 bits per heavy atom. The number of hydrogen-bond acceptors (Lipinski definition) is 4. The summed E-state index contributed by atoms with van der Waals surface area (Å²) in [5.74, 6) is 1.24. The molecule has 0 saturated carbocycles. The SMILES string of the molecule is Cc1cncc(N2CCCN(C(=O)C(C)C)CC2)n1. The molecule has 0 radical (unpaired) electrons. The van der Waals surface area contributed by atoms with Crippen molar-refractivity contribution in [1.82, 2.24) is 14.9 Å². The van der Waals surface area contributed by atoms with Crippen molar-refractivity contribution in [2.75, 3.05) is 31.1 Å². The van der Waals surface area contributed by atoms with Gasteiger partial charge in [-0.15, -0.1) is 0 Å². The van der Waals surface area contributed by atoms with Gasteiger partial charge in [-0.05, 0) is 13.3 Å². The zero-order valence-electron chi connectivity index (χ0n) is 12.0. The molecule has 0 unspecified atom stereocenters. The molecule has 1 aliphatic heterocycles. The van der Waals surface area contributed by atoms with Crippen LogP contribution in [0.5, 0.6) is 0 Å². The summed E-state index contributed by atoms with van der Waals surface area (Å²) in [4.78, 5) is 24.9. The molecule has 0 N–H and O–H groups in total. The fourth-order valence-corrected chi connectivity index (χ4v) is 2.33. The molecule has 1 aromatic heterocycles. The largest absolute Gasteiger partial charge is 0.353 e. The van der Waals surface area contributed by atoms with Crippen LogP contribution in [0.2, 0.25) is 0 Å². The predicted octanol–water partition coefficient (Wildman–Crippen LogP) is 1.48. The van der Waals surface area contributed by atoms with Crippen molar-refractivity contribution in [2.45, 2.75) is 27.2 Å². The number of aromatic nitrogens is 2. The highest BCUT2D eigenvalue weighted by molar-refractivity contribution is 5.78. The van der Waals surface area contributed by atoms with E-state index in [0.717, 1.165) is 44.1 Å². The van der Waals surface area contributed by atoms with E-state index in [9.17, 15) is 4.79 Å². The molecular weight excluding hydrogens is 240 g/mol. The van der Waals surface area contributed by atoms with Gasteiger partial charge in [-0.3, -0.25) is 9.78 Å². The van der Waals surface area contributed by atoms with Crippen molar-refractivity contribution >= 4 is 11.7 Å². The van der Waals surface area contributed by atoms with Crippen molar-refractivity contribution in [1.29, 1.82) is 0 Å². The number of aryl methyl sites for hydroxylation is 1. The van der Waals surface area contributed by atoms with E-state index in [-0.39, 0.29) is 11.8 Å². The van der Waals surface area contributed by atoms with Gasteiger partial charge in [0.15, 0.2) is 0 Å². The standard InChI is InChI=1S/C14H22N4O/c1-11(2)14(19)18-6-4-5-17(7-8-18)13-10-15-9-12(3)16-13/h9-11H,4-8H2,1-3H3. The second-order valence-corrected chi connectivity index (χ2v) is 5.34. The summed E-state index contributed by atoms with van der Waals surface area (Å²) in [5, 5.41) is 0. The fourth-order valence-electron chi connectivity index (χ4n) is 2.33. The Morgan fingerprint density at radius 1 is 1.21 bits per heavy atom. The summed E-state index contributed by atoms with van der Waals surface area (Å²) >= 11 is 0. The van der Waals surface area contributed by atoms with E-state index >= 15 is 0 Å². The first-order valence-corrected chi connectivity index (χ1v) is 6.90. The van der Waals surface area contributed by atoms with Crippen LogP contribution in [0.4, 0.5) is 5.82 Å². The third-order valence-electron chi connectivity index (χ3n) is 3.37. The molecule has 1 fully saturated rings. The maximum atomic E-state index is 12.0. The lowest BCUT2D eigenvalue weighted by Gasteiger charge is -2.23. The molecule has 1 aliphatic rings. The monoisotopic (exact) mass is 262 g/mol. The van der Waals surface area contributed by atoms with E-state index in [2.05, 4.69) is 14.9 Å². The van der Waals surface area contributed by atoms with Crippen molar-refractivity contribution in [2.24, 2.45) is 5.92 Å². The van der Waals surface area contributed by atoms with Gasteiger partial charge in [0.25, 0.3) is 0 Å². The Morgan fingerprint density at radius 3 is 2.68 bits per heavy atom. The van der Waals surface area contributed by atoms with Crippen molar-refractivity contribution in [3.63, 3.8) is 0 Å². The van der Waals surface area contributed by atoms with Crippen LogP contribution in [0.25, 0.3) is 0 Å². The van der Waals surface area contributed by atoms with Crippen LogP contribution in [0.1, 0.15) is 26.0 Å². The van der Waals surface area contributed by atoms with Crippen LogP contribution in [0, 0.1) is 12.8 Å². The Balaban J connectivity index is 2.02. The molecule has 1 saturated heterocycles. The summed E-state index contributed by atoms with van der Waals surface area (Å²) in [6.07, 6.45) is 4.54. The maximum absolute atomic E-state index is 12.0. The molecule has 0 aliphatic carbocycles. The molecule has 19 heavy (non-hydrogen) atoms. The van der Waals surface area contributed by atoms with Gasteiger partial charge in [0, 0.05) is 38.3 Å². The average molecular weight is 262 g/mol. The molecular formula is C14H22N4O. The van der Waals surface area contributed by atoms with Crippen LogP contribution in [-0.4, -0.2) is 47.0 Å². The van der Waals surface area contributed by atoms with Crippen molar-refractivity contribution < 1.29 is 4.79 Å². The van der Waals surface area contributed by atoms with Gasteiger partial charge in [-0.1, -0.05) is 13.8 Å². The molecule has 1 aromatic rings. The number of nitrogens with zero attached hydrogens (tertiary/aromatic N) is 4. The lowest BCUT2D eigenvalue weighted by molar-refractivity contribution is -0.134. The molecule has 2 rings (SSSR count). The van der Waals surface area contributed by atoms with Gasteiger partial charge in [0.2, 0.25) is 5.91 Å². The molecule has 0 bridgehead atoms. The minimum absolute atomic E-state index is 0.0744. The number of carbonyl (C=O) groups is 1. The quantitative estimate of drug-likeness (QED) is 0.810. The van der Waals surface area contributed by atoms with Gasteiger partial charge in [-0.25, -0.2) is 4.98 Å². The Kier molecular flexibility index (Phi) is 4.35. The number of hydrogen-bond donors (Lipinski definition) is 0. The van der Waals surface area contributed by atoms with Crippen LogP contribution in [0.15, 0.2) is 12.4 Å². The van der Waals surface area contributed by atoms with E-state index in [1.165, 1.54) is 0 Å². The molecule has 5 heteroatoms. The Bertz CT molecular complexity index is 447. The summed E-state index contributed by atoms with van der Waals surface area (Å²) in [5.41, 5.74) is 0.928. The van der Waals surface area contributed by atoms with Crippen LogP contribution < -0.4 is 4.90 Å². The van der Waals surface area contributed by atoms with Gasteiger partial charge < -0.3 is 9.80 Å². The minimum Gasteiger partial charge on any atom is -0.353 e. The first-order valence-electron chi connectivity index (χ1n) is 6.90. The summed E-state index contributed by atoms with van der Waals surface area (Å²) in [7, 11) is 0. The van der Waals surface area contributed by atoms with E-state index in [4.69, 9.17) is 0 Å². The minimum atomic E-state index is 0.0744. The second kappa shape index (κ2) is 5.99. The number of anilines is 1. The van der Waals surface area contributed by atoms with E-state index < -0.39 is 0 Å². The van der Waals surface area contributed by atoms with Gasteiger partial charge in [0.1, 0.15) is 5.82 Å². The fraction of sp³-hybridized carbons (Fsp3) is 0.643. The first kappa shape index (κ1) is 13.8. The van der Waals surface area contributed by atoms with E-state index in [1.54, 1.807) is 12.4 Å². The van der Waals surface area contributed by atoms with Gasteiger partial charge in [0.05, 0.1) is 11.9 Å².